The molecule has 1 saturated heterocycles. The van der Waals surface area contributed by atoms with Crippen LogP contribution in [0, 0.1) is 10.8 Å². The molecule has 0 spiro atoms. The van der Waals surface area contributed by atoms with Crippen molar-refractivity contribution in [3.8, 4) is 0 Å². The number of ether oxygens (including phenoxy) is 1. The number of amides is 1. The van der Waals surface area contributed by atoms with Crippen LogP contribution in [-0.4, -0.2) is 58.0 Å². The van der Waals surface area contributed by atoms with Crippen molar-refractivity contribution in [2.75, 3.05) is 24.2 Å². The second-order valence-electron chi connectivity index (χ2n) is 10.5. The van der Waals surface area contributed by atoms with Crippen molar-refractivity contribution >= 4 is 40.1 Å². The fourth-order valence-electron chi connectivity index (χ4n) is 5.89. The van der Waals surface area contributed by atoms with E-state index in [0.717, 1.165) is 35.3 Å². The number of carbonyl (C=O) groups excluding carboxylic acids is 2. The minimum atomic E-state index is -0.385. The smallest absolute Gasteiger partial charge is 0.316 e. The number of aromatic nitrogens is 2. The van der Waals surface area contributed by atoms with Crippen LogP contribution in [0.15, 0.2) is 4.34 Å². The molecule has 31 heavy (non-hydrogen) atoms. The molecule has 3 aliphatic rings. The number of carbonyl (C=O) groups is 2. The lowest BCUT2D eigenvalue weighted by Gasteiger charge is -2.39. The molecule has 172 valence electrons. The molecule has 1 N–H and O–H groups in total. The average Bonchev–Trinajstić information content (AvgIpc) is 3.25. The van der Waals surface area contributed by atoms with E-state index >= 15 is 0 Å². The Labute approximate surface area is 193 Å². The van der Waals surface area contributed by atoms with E-state index < -0.39 is 0 Å². The Morgan fingerprint density at radius 2 is 1.97 bits per heavy atom. The highest BCUT2D eigenvalue weighted by molar-refractivity contribution is 8.01. The van der Waals surface area contributed by atoms with Gasteiger partial charge in [-0.3, -0.25) is 9.59 Å². The Kier molecular flexibility index (Phi) is 6.82. The minimum Gasteiger partial charge on any atom is -0.455 e. The molecule has 0 unspecified atom stereocenters. The fourth-order valence-corrected chi connectivity index (χ4v) is 7.51. The third kappa shape index (κ3) is 5.92. The first-order valence-corrected chi connectivity index (χ1v) is 13.2. The largest absolute Gasteiger partial charge is 0.455 e. The molecule has 0 radical (unpaired) electrons. The molecule has 1 amide bonds. The van der Waals surface area contributed by atoms with Crippen LogP contribution < -0.4 is 5.32 Å². The Morgan fingerprint density at radius 3 is 2.74 bits per heavy atom. The molecule has 0 aromatic carbocycles. The molecule has 1 aliphatic heterocycles. The summed E-state index contributed by atoms with van der Waals surface area (Å²) in [4.78, 5) is 26.9. The number of nitrogens with one attached hydrogen (secondary N) is 1. The zero-order valence-electron chi connectivity index (χ0n) is 18.8. The molecular formula is C22H34N4O3S2. The van der Waals surface area contributed by atoms with E-state index in [1.54, 1.807) is 0 Å². The van der Waals surface area contributed by atoms with Crippen LogP contribution >= 0.6 is 23.1 Å². The second-order valence-corrected chi connectivity index (χ2v) is 12.7. The van der Waals surface area contributed by atoms with Crippen LogP contribution in [0.1, 0.15) is 72.1 Å². The van der Waals surface area contributed by atoms with Gasteiger partial charge in [-0.15, -0.1) is 10.2 Å². The normalized spacial score (nSPS) is 27.8. The van der Waals surface area contributed by atoms with E-state index in [2.05, 4.69) is 36.3 Å². The van der Waals surface area contributed by atoms with E-state index in [1.807, 2.05) is 4.90 Å². The molecule has 1 aromatic rings. The van der Waals surface area contributed by atoms with Gasteiger partial charge >= 0.3 is 5.97 Å². The summed E-state index contributed by atoms with van der Waals surface area (Å²) < 4.78 is 6.03. The summed E-state index contributed by atoms with van der Waals surface area (Å²) in [5, 5.41) is 12.6. The number of anilines is 1. The summed E-state index contributed by atoms with van der Waals surface area (Å²) >= 11 is 2.79. The lowest BCUT2D eigenvalue weighted by atomic mass is 9.65. The molecule has 3 fully saturated rings. The van der Waals surface area contributed by atoms with E-state index in [1.165, 1.54) is 55.2 Å². The summed E-state index contributed by atoms with van der Waals surface area (Å²) in [6.07, 6.45) is 9.40. The number of hydrogen-bond acceptors (Lipinski definition) is 8. The highest BCUT2D eigenvalue weighted by Gasteiger charge is 2.50. The van der Waals surface area contributed by atoms with E-state index in [9.17, 15) is 9.59 Å². The monoisotopic (exact) mass is 466 g/mol. The van der Waals surface area contributed by atoms with Crippen molar-refractivity contribution in [2.45, 2.75) is 88.6 Å². The van der Waals surface area contributed by atoms with Crippen molar-refractivity contribution in [1.29, 1.82) is 0 Å². The molecule has 2 atom stereocenters. The molecule has 4 rings (SSSR count). The van der Waals surface area contributed by atoms with Gasteiger partial charge in [0.15, 0.2) is 10.9 Å². The number of hydrogen-bond donors (Lipinski definition) is 1. The van der Waals surface area contributed by atoms with Gasteiger partial charge < -0.3 is 15.0 Å². The number of likely N-dealkylation sites (tertiary alicyclic amines) is 1. The fraction of sp³-hybridized carbons (Fsp3) is 0.818. The highest BCUT2D eigenvalue weighted by Crippen LogP contribution is 2.52. The topological polar surface area (TPSA) is 84.4 Å². The maximum atomic E-state index is 12.7. The van der Waals surface area contributed by atoms with Gasteiger partial charge in [0.1, 0.15) is 0 Å². The van der Waals surface area contributed by atoms with Crippen LogP contribution in [0.2, 0.25) is 0 Å². The van der Waals surface area contributed by atoms with Gasteiger partial charge in [-0.2, -0.15) is 0 Å². The first kappa shape index (κ1) is 22.8. The van der Waals surface area contributed by atoms with Crippen LogP contribution in [0.5, 0.6) is 0 Å². The molecule has 2 saturated carbocycles. The number of nitrogens with zero attached hydrogens (tertiary/aromatic N) is 3. The summed E-state index contributed by atoms with van der Waals surface area (Å²) in [5.41, 5.74) is 0.440. The maximum Gasteiger partial charge on any atom is 0.316 e. The average molecular weight is 467 g/mol. The number of rotatable bonds is 7. The third-order valence-electron chi connectivity index (χ3n) is 6.74. The Morgan fingerprint density at radius 1 is 1.19 bits per heavy atom. The molecule has 9 heteroatoms. The molecular weight excluding hydrogens is 432 g/mol. The molecule has 2 heterocycles. The van der Waals surface area contributed by atoms with E-state index in [0.29, 0.717) is 6.04 Å². The lowest BCUT2D eigenvalue weighted by Crippen LogP contribution is -2.40. The number of fused-ring (bicyclic) bond motifs is 2. The third-order valence-corrected chi connectivity index (χ3v) is 8.71. The van der Waals surface area contributed by atoms with Crippen LogP contribution in [0.3, 0.4) is 0 Å². The van der Waals surface area contributed by atoms with Crippen molar-refractivity contribution in [1.82, 2.24) is 15.1 Å². The zero-order valence-corrected chi connectivity index (χ0v) is 20.4. The van der Waals surface area contributed by atoms with Crippen LogP contribution in [0.4, 0.5) is 5.13 Å². The molecule has 2 aliphatic carbocycles. The first-order valence-electron chi connectivity index (χ1n) is 11.4. The summed E-state index contributed by atoms with van der Waals surface area (Å²) in [6, 6.07) is 0.749. The Bertz CT molecular complexity index is 808. The summed E-state index contributed by atoms with van der Waals surface area (Å²) in [5.74, 6) is -0.316. The SMILES string of the molecule is CC1(C)C[C@@H]2C[C@@](C)(CN2C(=O)COC(=O)CSc2nnc(NC3CCCCC3)s2)C1. The van der Waals surface area contributed by atoms with Crippen molar-refractivity contribution in [3.05, 3.63) is 0 Å². The zero-order chi connectivity index (χ0) is 22.1. The maximum absolute atomic E-state index is 12.7. The van der Waals surface area contributed by atoms with Gasteiger partial charge in [0, 0.05) is 18.6 Å². The van der Waals surface area contributed by atoms with Crippen LogP contribution in [0.25, 0.3) is 0 Å². The van der Waals surface area contributed by atoms with Gasteiger partial charge in [0.25, 0.3) is 5.91 Å². The van der Waals surface area contributed by atoms with Gasteiger partial charge in [-0.25, -0.2) is 0 Å². The van der Waals surface area contributed by atoms with E-state index in [4.69, 9.17) is 4.74 Å². The number of esters is 1. The Balaban J connectivity index is 1.19. The first-order chi connectivity index (χ1) is 14.7. The summed E-state index contributed by atoms with van der Waals surface area (Å²) in [6.45, 7) is 7.44. The molecule has 1 aromatic heterocycles. The molecule has 7 nitrogen and oxygen atoms in total. The van der Waals surface area contributed by atoms with E-state index in [-0.39, 0.29) is 41.1 Å². The molecule has 2 bridgehead atoms. The van der Waals surface area contributed by atoms with Gasteiger partial charge in [-0.1, -0.05) is 63.1 Å². The van der Waals surface area contributed by atoms with Crippen molar-refractivity contribution < 1.29 is 14.3 Å². The quantitative estimate of drug-likeness (QED) is 0.472. The minimum absolute atomic E-state index is 0.0698. The van der Waals surface area contributed by atoms with Gasteiger partial charge in [0.05, 0.1) is 5.75 Å². The van der Waals surface area contributed by atoms with Gasteiger partial charge in [-0.05, 0) is 42.9 Å². The second kappa shape index (κ2) is 9.25. The summed E-state index contributed by atoms with van der Waals surface area (Å²) in [7, 11) is 0. The predicted octanol–water partition coefficient (Wildman–Crippen LogP) is 4.35. The van der Waals surface area contributed by atoms with Gasteiger partial charge in [0.2, 0.25) is 5.13 Å². The van der Waals surface area contributed by atoms with Crippen LogP contribution in [-0.2, 0) is 14.3 Å². The predicted molar refractivity (Wildman–Crippen MR) is 123 cm³/mol. The Hall–Kier alpha value is -1.35. The highest BCUT2D eigenvalue weighted by atomic mass is 32.2. The number of thioether (sulfide) groups is 1. The van der Waals surface area contributed by atoms with Crippen molar-refractivity contribution in [2.24, 2.45) is 10.8 Å². The standard InChI is InChI=1S/C22H34N4O3S2/c1-21(2)9-16-10-22(3,13-21)14-26(16)17(27)11-29-18(28)12-30-20-25-24-19(31-20)23-15-7-5-4-6-8-15/h15-16H,4-14H2,1-3H3,(H,23,24)/t16-,22-/m1/s1. The van der Waals surface area contributed by atoms with Crippen molar-refractivity contribution in [3.63, 3.8) is 0 Å². The lowest BCUT2D eigenvalue weighted by molar-refractivity contribution is -0.150.